The van der Waals surface area contributed by atoms with E-state index in [1.165, 1.54) is 51.6 Å². The summed E-state index contributed by atoms with van der Waals surface area (Å²) >= 11 is 0. The van der Waals surface area contributed by atoms with Crippen LogP contribution in [0.1, 0.15) is 59.3 Å². The van der Waals surface area contributed by atoms with Crippen molar-refractivity contribution in [3.05, 3.63) is 0 Å². The third kappa shape index (κ3) is 2.85. The quantitative estimate of drug-likeness (QED) is 0.792. The fourth-order valence-electron chi connectivity index (χ4n) is 3.65. The second kappa shape index (κ2) is 5.71. The molecule has 0 spiro atoms. The highest BCUT2D eigenvalue weighted by Crippen LogP contribution is 2.37. The highest BCUT2D eigenvalue weighted by molar-refractivity contribution is 4.99. The van der Waals surface area contributed by atoms with Gasteiger partial charge in [0.2, 0.25) is 0 Å². The molecular formula is C15H30N2. The van der Waals surface area contributed by atoms with Gasteiger partial charge in [0.1, 0.15) is 0 Å². The summed E-state index contributed by atoms with van der Waals surface area (Å²) in [5, 5.41) is 3.78. The van der Waals surface area contributed by atoms with E-state index in [-0.39, 0.29) is 0 Å². The second-order valence-corrected chi connectivity index (χ2v) is 6.43. The van der Waals surface area contributed by atoms with Crippen LogP contribution in [0.15, 0.2) is 0 Å². The lowest BCUT2D eigenvalue weighted by atomic mass is 9.72. The third-order valence-electron chi connectivity index (χ3n) is 4.98. The summed E-state index contributed by atoms with van der Waals surface area (Å²) in [6.45, 7) is 10.9. The molecule has 2 rings (SSSR count). The van der Waals surface area contributed by atoms with Gasteiger partial charge in [-0.3, -0.25) is 4.90 Å². The van der Waals surface area contributed by atoms with E-state index in [9.17, 15) is 0 Å². The van der Waals surface area contributed by atoms with E-state index in [1.807, 2.05) is 0 Å². The first kappa shape index (κ1) is 13.4. The lowest BCUT2D eigenvalue weighted by molar-refractivity contribution is 0.0236. The van der Waals surface area contributed by atoms with Crippen LogP contribution in [0, 0.1) is 5.92 Å². The van der Waals surface area contributed by atoms with Crippen molar-refractivity contribution in [1.82, 2.24) is 10.2 Å². The van der Waals surface area contributed by atoms with Crippen LogP contribution in [0.5, 0.6) is 0 Å². The van der Waals surface area contributed by atoms with Gasteiger partial charge in [-0.2, -0.15) is 0 Å². The van der Waals surface area contributed by atoms with E-state index in [4.69, 9.17) is 0 Å². The zero-order valence-corrected chi connectivity index (χ0v) is 12.0. The molecule has 1 unspecified atom stereocenters. The molecule has 2 heteroatoms. The van der Waals surface area contributed by atoms with Gasteiger partial charge in [0.15, 0.2) is 0 Å². The Hall–Kier alpha value is -0.0800. The van der Waals surface area contributed by atoms with Gasteiger partial charge in [-0.1, -0.05) is 19.8 Å². The zero-order chi connectivity index (χ0) is 12.3. The molecule has 1 aliphatic heterocycles. The van der Waals surface area contributed by atoms with Gasteiger partial charge in [-0.25, -0.2) is 0 Å². The standard InChI is InChI=1S/C15H30N2/c1-4-16-14(13-9-8-10-13)15(2,3)17-11-6-5-7-12-17/h13-14,16H,4-12H2,1-3H3. The fourth-order valence-corrected chi connectivity index (χ4v) is 3.65. The number of nitrogens with zero attached hydrogens (tertiary/aromatic N) is 1. The number of hydrogen-bond acceptors (Lipinski definition) is 2. The maximum atomic E-state index is 3.78. The molecule has 1 aliphatic carbocycles. The number of piperidine rings is 1. The molecule has 2 fully saturated rings. The normalized spacial score (nSPS) is 25.6. The Morgan fingerprint density at radius 3 is 2.24 bits per heavy atom. The number of nitrogens with one attached hydrogen (secondary N) is 1. The summed E-state index contributed by atoms with van der Waals surface area (Å²) in [6, 6.07) is 0.694. The van der Waals surface area contributed by atoms with Gasteiger partial charge in [-0.15, -0.1) is 0 Å². The van der Waals surface area contributed by atoms with Crippen LogP contribution < -0.4 is 5.32 Å². The van der Waals surface area contributed by atoms with Gasteiger partial charge in [-0.05, 0) is 65.1 Å². The predicted molar refractivity (Wildman–Crippen MR) is 74.3 cm³/mol. The van der Waals surface area contributed by atoms with Crippen molar-refractivity contribution in [3.8, 4) is 0 Å². The van der Waals surface area contributed by atoms with E-state index in [0.29, 0.717) is 11.6 Å². The van der Waals surface area contributed by atoms with Crippen LogP contribution in [0.3, 0.4) is 0 Å². The summed E-state index contributed by atoms with van der Waals surface area (Å²) in [5.41, 5.74) is 0.335. The number of likely N-dealkylation sites (tertiary alicyclic amines) is 1. The molecular weight excluding hydrogens is 208 g/mol. The molecule has 0 radical (unpaired) electrons. The Labute approximate surface area is 107 Å². The zero-order valence-electron chi connectivity index (χ0n) is 12.0. The molecule has 0 amide bonds. The minimum absolute atomic E-state index is 0.335. The van der Waals surface area contributed by atoms with E-state index in [0.717, 1.165) is 12.5 Å². The number of hydrogen-bond donors (Lipinski definition) is 1. The van der Waals surface area contributed by atoms with Gasteiger partial charge in [0.25, 0.3) is 0 Å². The molecule has 1 atom stereocenters. The molecule has 0 aromatic heterocycles. The average molecular weight is 238 g/mol. The average Bonchev–Trinajstić information content (AvgIpc) is 2.27. The lowest BCUT2D eigenvalue weighted by Gasteiger charge is -2.51. The Kier molecular flexibility index (Phi) is 4.48. The van der Waals surface area contributed by atoms with E-state index in [2.05, 4.69) is 31.0 Å². The van der Waals surface area contributed by atoms with Gasteiger partial charge in [0, 0.05) is 11.6 Å². The van der Waals surface area contributed by atoms with Crippen molar-refractivity contribution >= 4 is 0 Å². The molecule has 100 valence electrons. The Bertz CT molecular complexity index is 227. The highest BCUT2D eigenvalue weighted by atomic mass is 15.2. The molecule has 1 heterocycles. The van der Waals surface area contributed by atoms with Crippen LogP contribution in [0.4, 0.5) is 0 Å². The Morgan fingerprint density at radius 1 is 1.12 bits per heavy atom. The van der Waals surface area contributed by atoms with E-state index >= 15 is 0 Å². The van der Waals surface area contributed by atoms with E-state index in [1.54, 1.807) is 0 Å². The molecule has 1 saturated heterocycles. The first-order valence-electron chi connectivity index (χ1n) is 7.64. The number of likely N-dealkylation sites (N-methyl/N-ethyl adjacent to an activating group) is 1. The maximum absolute atomic E-state index is 3.78. The van der Waals surface area contributed by atoms with E-state index < -0.39 is 0 Å². The molecule has 0 bridgehead atoms. The Balaban J connectivity index is 2.02. The van der Waals surface area contributed by atoms with Crippen molar-refractivity contribution in [1.29, 1.82) is 0 Å². The monoisotopic (exact) mass is 238 g/mol. The summed E-state index contributed by atoms with van der Waals surface area (Å²) in [5.74, 6) is 0.923. The van der Waals surface area contributed by atoms with Crippen molar-refractivity contribution in [2.75, 3.05) is 19.6 Å². The topological polar surface area (TPSA) is 15.3 Å². The fraction of sp³-hybridized carbons (Fsp3) is 1.00. The third-order valence-corrected chi connectivity index (χ3v) is 4.98. The SMILES string of the molecule is CCNC(C1CCC1)C(C)(C)N1CCCCC1. The van der Waals surface area contributed by atoms with Crippen molar-refractivity contribution in [2.24, 2.45) is 5.92 Å². The summed E-state index contributed by atoms with van der Waals surface area (Å²) < 4.78 is 0. The van der Waals surface area contributed by atoms with Crippen LogP contribution >= 0.6 is 0 Å². The Morgan fingerprint density at radius 2 is 1.76 bits per heavy atom. The largest absolute Gasteiger partial charge is 0.312 e. The van der Waals surface area contributed by atoms with Crippen LogP contribution in [0.2, 0.25) is 0 Å². The molecule has 17 heavy (non-hydrogen) atoms. The molecule has 2 aliphatic rings. The summed E-state index contributed by atoms with van der Waals surface area (Å²) in [7, 11) is 0. The van der Waals surface area contributed by atoms with Crippen LogP contribution in [-0.4, -0.2) is 36.1 Å². The first-order chi connectivity index (χ1) is 8.16. The second-order valence-electron chi connectivity index (χ2n) is 6.43. The van der Waals surface area contributed by atoms with Crippen molar-refractivity contribution in [3.63, 3.8) is 0 Å². The highest BCUT2D eigenvalue weighted by Gasteiger charge is 2.41. The van der Waals surface area contributed by atoms with Gasteiger partial charge >= 0.3 is 0 Å². The summed E-state index contributed by atoms with van der Waals surface area (Å²) in [6.07, 6.45) is 8.55. The van der Waals surface area contributed by atoms with Gasteiger partial charge in [0.05, 0.1) is 0 Å². The minimum Gasteiger partial charge on any atom is -0.312 e. The first-order valence-corrected chi connectivity index (χ1v) is 7.64. The van der Waals surface area contributed by atoms with Crippen molar-refractivity contribution in [2.45, 2.75) is 70.9 Å². The minimum atomic E-state index is 0.335. The maximum Gasteiger partial charge on any atom is 0.0308 e. The smallest absolute Gasteiger partial charge is 0.0308 e. The lowest BCUT2D eigenvalue weighted by Crippen LogP contribution is -2.62. The molecule has 0 aromatic rings. The molecule has 1 N–H and O–H groups in total. The molecule has 1 saturated carbocycles. The van der Waals surface area contributed by atoms with Crippen molar-refractivity contribution < 1.29 is 0 Å². The summed E-state index contributed by atoms with van der Waals surface area (Å²) in [4.78, 5) is 2.74. The van der Waals surface area contributed by atoms with Crippen LogP contribution in [0.25, 0.3) is 0 Å². The molecule has 0 aromatic carbocycles. The van der Waals surface area contributed by atoms with Gasteiger partial charge < -0.3 is 5.32 Å². The predicted octanol–water partition coefficient (Wildman–Crippen LogP) is 3.03. The van der Waals surface area contributed by atoms with Crippen LogP contribution in [-0.2, 0) is 0 Å². The number of rotatable bonds is 5. The molecule has 2 nitrogen and oxygen atoms in total.